The van der Waals surface area contributed by atoms with Crippen molar-refractivity contribution in [2.45, 2.75) is 58.9 Å². The molecule has 2 rings (SSSR count). The summed E-state index contributed by atoms with van der Waals surface area (Å²) in [6.45, 7) is 9.05. The summed E-state index contributed by atoms with van der Waals surface area (Å²) in [5.41, 5.74) is 5.72. The fourth-order valence-electron chi connectivity index (χ4n) is 3.61. The summed E-state index contributed by atoms with van der Waals surface area (Å²) in [5, 5.41) is 12.1. The van der Waals surface area contributed by atoms with Crippen LogP contribution in [0.25, 0.3) is 0 Å². The molecule has 1 saturated carbocycles. The van der Waals surface area contributed by atoms with Crippen molar-refractivity contribution in [3.63, 3.8) is 0 Å². The minimum Gasteiger partial charge on any atom is -0.409 e. The largest absolute Gasteiger partial charge is 0.409 e. The van der Waals surface area contributed by atoms with Gasteiger partial charge in [-0.2, -0.15) is 0 Å². The second kappa shape index (κ2) is 5.70. The lowest BCUT2D eigenvalue weighted by Gasteiger charge is -2.45. The molecule has 0 amide bonds. The Hall–Kier alpha value is -0.770. The van der Waals surface area contributed by atoms with E-state index in [0.717, 1.165) is 43.8 Å². The van der Waals surface area contributed by atoms with Gasteiger partial charge in [0.15, 0.2) is 0 Å². The Kier molecular flexibility index (Phi) is 4.39. The van der Waals surface area contributed by atoms with Crippen LogP contribution in [-0.4, -0.2) is 35.1 Å². The molecule has 19 heavy (non-hydrogen) atoms. The highest BCUT2D eigenvalue weighted by Gasteiger charge is 2.37. The van der Waals surface area contributed by atoms with Crippen LogP contribution in [-0.2, 0) is 0 Å². The zero-order chi connectivity index (χ0) is 14.0. The molecule has 0 aromatic rings. The van der Waals surface area contributed by atoms with Crippen LogP contribution in [0.15, 0.2) is 5.16 Å². The Bertz CT molecular complexity index is 334. The van der Waals surface area contributed by atoms with Crippen molar-refractivity contribution < 1.29 is 5.21 Å². The first kappa shape index (κ1) is 14.6. The van der Waals surface area contributed by atoms with Gasteiger partial charge < -0.3 is 15.8 Å². The second-order valence-corrected chi connectivity index (χ2v) is 7.00. The molecule has 1 aliphatic carbocycles. The van der Waals surface area contributed by atoms with E-state index in [2.05, 4.69) is 30.8 Å². The van der Waals surface area contributed by atoms with E-state index in [9.17, 15) is 0 Å². The van der Waals surface area contributed by atoms with Gasteiger partial charge in [0.2, 0.25) is 0 Å². The van der Waals surface area contributed by atoms with Crippen molar-refractivity contribution in [1.29, 1.82) is 0 Å². The molecule has 3 N–H and O–H groups in total. The molecule has 1 aliphatic heterocycles. The molecule has 0 spiro atoms. The Morgan fingerprint density at radius 3 is 2.37 bits per heavy atom. The van der Waals surface area contributed by atoms with Gasteiger partial charge in [0, 0.05) is 11.5 Å². The zero-order valence-corrected chi connectivity index (χ0v) is 12.6. The first-order valence-corrected chi connectivity index (χ1v) is 7.68. The fraction of sp³-hybridized carbons (Fsp3) is 0.933. The van der Waals surface area contributed by atoms with Gasteiger partial charge in [-0.05, 0) is 57.0 Å². The lowest BCUT2D eigenvalue weighted by atomic mass is 9.75. The van der Waals surface area contributed by atoms with Gasteiger partial charge in [0.05, 0.1) is 0 Å². The Balaban J connectivity index is 1.90. The van der Waals surface area contributed by atoms with Crippen LogP contribution in [0.4, 0.5) is 0 Å². The summed E-state index contributed by atoms with van der Waals surface area (Å²) in [6.07, 6.45) is 6.04. The SMILES string of the molecule is CC1CCC(N2CCC(C)(C(N)=NO)CC2)CC1C. The summed E-state index contributed by atoms with van der Waals surface area (Å²) in [5.74, 6) is 2.12. The van der Waals surface area contributed by atoms with E-state index in [1.165, 1.54) is 19.3 Å². The first-order chi connectivity index (χ1) is 8.96. The Morgan fingerprint density at radius 2 is 1.84 bits per heavy atom. The summed E-state index contributed by atoms with van der Waals surface area (Å²) in [6, 6.07) is 0.753. The summed E-state index contributed by atoms with van der Waals surface area (Å²) < 4.78 is 0. The zero-order valence-electron chi connectivity index (χ0n) is 12.6. The predicted octanol–water partition coefficient (Wildman–Crippen LogP) is 2.66. The maximum atomic E-state index is 8.88. The van der Waals surface area contributed by atoms with Crippen LogP contribution in [0.5, 0.6) is 0 Å². The van der Waals surface area contributed by atoms with Crippen molar-refractivity contribution in [3.05, 3.63) is 0 Å². The topological polar surface area (TPSA) is 61.8 Å². The number of oxime groups is 1. The second-order valence-electron chi connectivity index (χ2n) is 7.00. The van der Waals surface area contributed by atoms with Gasteiger partial charge in [-0.25, -0.2) is 0 Å². The van der Waals surface area contributed by atoms with Crippen molar-refractivity contribution in [2.75, 3.05) is 13.1 Å². The van der Waals surface area contributed by atoms with E-state index in [-0.39, 0.29) is 5.41 Å². The van der Waals surface area contributed by atoms with Crippen molar-refractivity contribution in [3.8, 4) is 0 Å². The van der Waals surface area contributed by atoms with Gasteiger partial charge in [-0.1, -0.05) is 25.9 Å². The van der Waals surface area contributed by atoms with Gasteiger partial charge in [-0.3, -0.25) is 0 Å². The highest BCUT2D eigenvalue weighted by atomic mass is 16.4. The van der Waals surface area contributed by atoms with Crippen molar-refractivity contribution in [1.82, 2.24) is 4.90 Å². The molecule has 3 unspecified atom stereocenters. The number of piperidine rings is 1. The molecule has 1 heterocycles. The molecular formula is C15H29N3O. The maximum absolute atomic E-state index is 8.88. The minimum atomic E-state index is -0.112. The van der Waals surface area contributed by atoms with E-state index < -0.39 is 0 Å². The first-order valence-electron chi connectivity index (χ1n) is 7.68. The molecule has 0 bridgehead atoms. The van der Waals surface area contributed by atoms with Crippen molar-refractivity contribution >= 4 is 5.84 Å². The van der Waals surface area contributed by atoms with Gasteiger partial charge >= 0.3 is 0 Å². The molecule has 110 valence electrons. The number of hydrogen-bond acceptors (Lipinski definition) is 3. The third-order valence-corrected chi connectivity index (χ3v) is 5.71. The van der Waals surface area contributed by atoms with Crippen LogP contribution in [0, 0.1) is 17.3 Å². The summed E-state index contributed by atoms with van der Waals surface area (Å²) in [4.78, 5) is 2.63. The standard InChI is InChI=1S/C15H29N3O/c1-11-4-5-13(10-12(11)2)18-8-6-15(3,7-9-18)14(16)17-19/h11-13,19H,4-10H2,1-3H3,(H2,16,17). The number of amidine groups is 1. The van der Waals surface area contributed by atoms with E-state index in [4.69, 9.17) is 10.9 Å². The van der Waals surface area contributed by atoms with Crippen LogP contribution >= 0.6 is 0 Å². The normalized spacial score (nSPS) is 37.2. The third kappa shape index (κ3) is 3.04. The van der Waals surface area contributed by atoms with Crippen LogP contribution in [0.1, 0.15) is 52.9 Å². The lowest BCUT2D eigenvalue weighted by Crippen LogP contribution is -2.50. The quantitative estimate of drug-likeness (QED) is 0.350. The van der Waals surface area contributed by atoms with Gasteiger partial charge in [0.1, 0.15) is 5.84 Å². The monoisotopic (exact) mass is 267 g/mol. The lowest BCUT2D eigenvalue weighted by molar-refractivity contribution is 0.0663. The minimum absolute atomic E-state index is 0.112. The highest BCUT2D eigenvalue weighted by Crippen LogP contribution is 2.37. The molecule has 0 aromatic carbocycles. The van der Waals surface area contributed by atoms with Crippen LogP contribution < -0.4 is 5.73 Å². The smallest absolute Gasteiger partial charge is 0.145 e. The average molecular weight is 267 g/mol. The average Bonchev–Trinajstić information content (AvgIpc) is 2.42. The fourth-order valence-corrected chi connectivity index (χ4v) is 3.61. The third-order valence-electron chi connectivity index (χ3n) is 5.71. The maximum Gasteiger partial charge on any atom is 0.145 e. The van der Waals surface area contributed by atoms with Gasteiger partial charge in [0.25, 0.3) is 0 Å². The predicted molar refractivity (Wildman–Crippen MR) is 78.3 cm³/mol. The summed E-state index contributed by atoms with van der Waals surface area (Å²) >= 11 is 0. The summed E-state index contributed by atoms with van der Waals surface area (Å²) in [7, 11) is 0. The van der Waals surface area contributed by atoms with E-state index in [1.54, 1.807) is 0 Å². The van der Waals surface area contributed by atoms with E-state index in [0.29, 0.717) is 5.84 Å². The molecule has 4 heteroatoms. The Labute approximate surface area is 117 Å². The van der Waals surface area contributed by atoms with Crippen LogP contribution in [0.3, 0.4) is 0 Å². The van der Waals surface area contributed by atoms with Crippen LogP contribution in [0.2, 0.25) is 0 Å². The molecule has 2 fully saturated rings. The number of nitrogens with zero attached hydrogens (tertiary/aromatic N) is 2. The molecule has 0 aromatic heterocycles. The molecule has 0 radical (unpaired) electrons. The number of nitrogens with two attached hydrogens (primary N) is 1. The number of rotatable bonds is 2. The molecule has 1 saturated heterocycles. The van der Waals surface area contributed by atoms with E-state index in [1.807, 2.05) is 0 Å². The van der Waals surface area contributed by atoms with E-state index >= 15 is 0 Å². The molecular weight excluding hydrogens is 238 g/mol. The van der Waals surface area contributed by atoms with Crippen molar-refractivity contribution in [2.24, 2.45) is 28.1 Å². The Morgan fingerprint density at radius 1 is 1.21 bits per heavy atom. The number of likely N-dealkylation sites (tertiary alicyclic amines) is 1. The molecule has 3 atom stereocenters. The number of hydrogen-bond donors (Lipinski definition) is 2. The van der Waals surface area contributed by atoms with Gasteiger partial charge in [-0.15, -0.1) is 0 Å². The molecule has 2 aliphatic rings. The highest BCUT2D eigenvalue weighted by molar-refractivity contribution is 5.85. The molecule has 4 nitrogen and oxygen atoms in total.